The molecule has 0 fully saturated rings. The molecule has 86 valence electrons. The molecule has 0 unspecified atom stereocenters. The molecule has 0 atom stereocenters. The van der Waals surface area contributed by atoms with Crippen molar-refractivity contribution in [3.63, 3.8) is 0 Å². The van der Waals surface area contributed by atoms with Gasteiger partial charge in [-0.1, -0.05) is 15.9 Å². The average molecular weight is 372 g/mol. The molecule has 0 radical (unpaired) electrons. The molecule has 2 aromatic rings. The molecule has 0 saturated heterocycles. The zero-order valence-electron chi connectivity index (χ0n) is 8.71. The van der Waals surface area contributed by atoms with Crippen molar-refractivity contribution >= 4 is 48.9 Å². The van der Waals surface area contributed by atoms with Crippen LogP contribution >= 0.6 is 43.2 Å². The van der Waals surface area contributed by atoms with Crippen molar-refractivity contribution in [3.05, 3.63) is 49.0 Å². The van der Waals surface area contributed by atoms with Gasteiger partial charge in [-0.3, -0.25) is 0 Å². The Morgan fingerprint density at radius 1 is 1.29 bits per heavy atom. The van der Waals surface area contributed by atoms with Gasteiger partial charge in [-0.05, 0) is 45.6 Å². The molecule has 5 heteroatoms. The third-order valence-corrected chi connectivity index (χ3v) is 4.65. The highest BCUT2D eigenvalue weighted by atomic mass is 79.9. The molecule has 0 aliphatic rings. The molecule has 0 amide bonds. The molecule has 17 heavy (non-hydrogen) atoms. The van der Waals surface area contributed by atoms with Crippen LogP contribution in [-0.4, -0.2) is 0 Å². The second kappa shape index (κ2) is 5.67. The monoisotopic (exact) mass is 370 g/mol. The second-order valence-electron chi connectivity index (χ2n) is 3.35. The zero-order valence-corrected chi connectivity index (χ0v) is 12.7. The second-order valence-corrected chi connectivity index (χ2v) is 6.12. The SMILES string of the molecule is N#Cc1ccc(Br)cc1NCc1sccc1Br. The fourth-order valence-corrected chi connectivity index (χ4v) is 3.18. The van der Waals surface area contributed by atoms with E-state index >= 15 is 0 Å². The third kappa shape index (κ3) is 3.09. The number of hydrogen-bond donors (Lipinski definition) is 1. The Morgan fingerprint density at radius 3 is 2.76 bits per heavy atom. The Labute approximate surface area is 121 Å². The lowest BCUT2D eigenvalue weighted by Crippen LogP contribution is -2.00. The summed E-state index contributed by atoms with van der Waals surface area (Å²) in [6, 6.07) is 9.78. The number of anilines is 1. The number of halogens is 2. The molecule has 0 aliphatic heterocycles. The van der Waals surface area contributed by atoms with Crippen LogP contribution in [0.5, 0.6) is 0 Å². The van der Waals surface area contributed by atoms with Crippen molar-refractivity contribution in [3.8, 4) is 6.07 Å². The molecule has 0 aliphatic carbocycles. The smallest absolute Gasteiger partial charge is 0.101 e. The Morgan fingerprint density at radius 2 is 2.12 bits per heavy atom. The van der Waals surface area contributed by atoms with Crippen LogP contribution in [0.3, 0.4) is 0 Å². The number of thiophene rings is 1. The Bertz CT molecular complexity index is 572. The highest BCUT2D eigenvalue weighted by Crippen LogP contribution is 2.26. The molecule has 2 nitrogen and oxygen atoms in total. The summed E-state index contributed by atoms with van der Waals surface area (Å²) >= 11 is 8.57. The molecular formula is C12H8Br2N2S. The first kappa shape index (κ1) is 12.6. The van der Waals surface area contributed by atoms with Crippen LogP contribution in [-0.2, 0) is 6.54 Å². The summed E-state index contributed by atoms with van der Waals surface area (Å²) in [5.41, 5.74) is 1.50. The Balaban J connectivity index is 2.17. The number of hydrogen-bond acceptors (Lipinski definition) is 3. The predicted molar refractivity (Wildman–Crippen MR) is 78.2 cm³/mol. The van der Waals surface area contributed by atoms with E-state index in [2.05, 4.69) is 43.2 Å². The van der Waals surface area contributed by atoms with Gasteiger partial charge in [-0.15, -0.1) is 11.3 Å². The van der Waals surface area contributed by atoms with Gasteiger partial charge in [0.25, 0.3) is 0 Å². The average Bonchev–Trinajstić information content (AvgIpc) is 2.72. The maximum atomic E-state index is 9.01. The van der Waals surface area contributed by atoms with Gasteiger partial charge in [-0.2, -0.15) is 5.26 Å². The molecule has 2 rings (SSSR count). The van der Waals surface area contributed by atoms with E-state index in [1.54, 1.807) is 17.4 Å². The molecule has 1 aromatic carbocycles. The van der Waals surface area contributed by atoms with E-state index < -0.39 is 0 Å². The summed E-state index contributed by atoms with van der Waals surface area (Å²) in [6.45, 7) is 0.712. The maximum absolute atomic E-state index is 9.01. The highest BCUT2D eigenvalue weighted by molar-refractivity contribution is 9.10. The molecule has 1 aromatic heterocycles. The van der Waals surface area contributed by atoms with Crippen LogP contribution in [0.1, 0.15) is 10.4 Å². The summed E-state index contributed by atoms with van der Waals surface area (Å²) < 4.78 is 2.06. The van der Waals surface area contributed by atoms with Crippen LogP contribution in [0.25, 0.3) is 0 Å². The van der Waals surface area contributed by atoms with Crippen molar-refractivity contribution in [2.75, 3.05) is 5.32 Å². The van der Waals surface area contributed by atoms with Crippen LogP contribution < -0.4 is 5.32 Å². The lowest BCUT2D eigenvalue weighted by molar-refractivity contribution is 1.18. The number of rotatable bonds is 3. The van der Waals surface area contributed by atoms with E-state index in [1.165, 1.54) is 4.88 Å². The van der Waals surface area contributed by atoms with Crippen molar-refractivity contribution in [2.24, 2.45) is 0 Å². The van der Waals surface area contributed by atoms with Crippen molar-refractivity contribution in [1.82, 2.24) is 0 Å². The first-order valence-electron chi connectivity index (χ1n) is 4.86. The summed E-state index contributed by atoms with van der Waals surface area (Å²) in [4.78, 5) is 1.22. The van der Waals surface area contributed by atoms with E-state index in [0.29, 0.717) is 12.1 Å². The molecule has 1 heterocycles. The minimum Gasteiger partial charge on any atom is -0.379 e. The maximum Gasteiger partial charge on any atom is 0.101 e. The summed E-state index contributed by atoms with van der Waals surface area (Å²) in [7, 11) is 0. The fourth-order valence-electron chi connectivity index (χ4n) is 1.39. The van der Waals surface area contributed by atoms with Crippen LogP contribution in [0.15, 0.2) is 38.6 Å². The van der Waals surface area contributed by atoms with Gasteiger partial charge in [0.1, 0.15) is 6.07 Å². The van der Waals surface area contributed by atoms with Crippen molar-refractivity contribution in [1.29, 1.82) is 5.26 Å². The molecule has 0 bridgehead atoms. The molecule has 0 spiro atoms. The third-order valence-electron chi connectivity index (χ3n) is 2.23. The Hall–Kier alpha value is -0.830. The van der Waals surface area contributed by atoms with E-state index in [-0.39, 0.29) is 0 Å². The van der Waals surface area contributed by atoms with Gasteiger partial charge < -0.3 is 5.32 Å². The van der Waals surface area contributed by atoms with Crippen LogP contribution in [0.4, 0.5) is 5.69 Å². The Kier molecular flexibility index (Phi) is 4.21. The first-order chi connectivity index (χ1) is 8.20. The molecule has 1 N–H and O–H groups in total. The normalized spacial score (nSPS) is 9.94. The predicted octanol–water partition coefficient (Wildman–Crippen LogP) is 4.76. The van der Waals surface area contributed by atoms with Gasteiger partial charge >= 0.3 is 0 Å². The fraction of sp³-hybridized carbons (Fsp3) is 0.0833. The summed E-state index contributed by atoms with van der Waals surface area (Å²) in [6.07, 6.45) is 0. The van der Waals surface area contributed by atoms with E-state index in [1.807, 2.05) is 23.6 Å². The van der Waals surface area contributed by atoms with Crippen molar-refractivity contribution < 1.29 is 0 Å². The first-order valence-corrected chi connectivity index (χ1v) is 7.32. The van der Waals surface area contributed by atoms with Crippen LogP contribution in [0.2, 0.25) is 0 Å². The minimum atomic E-state index is 0.654. The van der Waals surface area contributed by atoms with E-state index in [0.717, 1.165) is 14.6 Å². The largest absolute Gasteiger partial charge is 0.379 e. The summed E-state index contributed by atoms with van der Waals surface area (Å²) in [5.74, 6) is 0. The summed E-state index contributed by atoms with van der Waals surface area (Å²) in [5, 5.41) is 14.3. The molecule has 0 saturated carbocycles. The lowest BCUT2D eigenvalue weighted by Gasteiger charge is -2.07. The number of benzene rings is 1. The molecular weight excluding hydrogens is 364 g/mol. The van der Waals surface area contributed by atoms with Gasteiger partial charge in [0.2, 0.25) is 0 Å². The zero-order chi connectivity index (χ0) is 12.3. The number of nitriles is 1. The van der Waals surface area contributed by atoms with E-state index in [4.69, 9.17) is 5.26 Å². The van der Waals surface area contributed by atoms with Crippen molar-refractivity contribution in [2.45, 2.75) is 6.54 Å². The highest BCUT2D eigenvalue weighted by Gasteiger charge is 2.05. The van der Waals surface area contributed by atoms with Gasteiger partial charge in [0.05, 0.1) is 17.8 Å². The lowest BCUT2D eigenvalue weighted by atomic mass is 10.2. The quantitative estimate of drug-likeness (QED) is 0.844. The number of nitrogens with zero attached hydrogens (tertiary/aromatic N) is 1. The standard InChI is InChI=1S/C12H8Br2N2S/c13-9-2-1-8(6-15)11(5-9)16-7-12-10(14)3-4-17-12/h1-5,16H,7H2. The minimum absolute atomic E-state index is 0.654. The van der Waals surface area contributed by atoms with Gasteiger partial charge in [0.15, 0.2) is 0 Å². The van der Waals surface area contributed by atoms with Gasteiger partial charge in [-0.25, -0.2) is 0 Å². The van der Waals surface area contributed by atoms with Crippen LogP contribution in [0, 0.1) is 11.3 Å². The van der Waals surface area contributed by atoms with Gasteiger partial charge in [0, 0.05) is 13.8 Å². The topological polar surface area (TPSA) is 35.8 Å². The van der Waals surface area contributed by atoms with E-state index in [9.17, 15) is 0 Å². The number of nitrogens with one attached hydrogen (secondary N) is 1.